The highest BCUT2D eigenvalue weighted by molar-refractivity contribution is 5.69. The van der Waals surface area contributed by atoms with E-state index in [0.717, 1.165) is 18.2 Å². The standard InChI is InChI=1S/C12H7F2NO3/c13-8-2-3-9(10(14)6-8)7-1-4-12(16)11(5-7)15(17)18/h1-6,16H. The van der Waals surface area contributed by atoms with Gasteiger partial charge in [0.2, 0.25) is 0 Å². The van der Waals surface area contributed by atoms with Crippen molar-refractivity contribution in [1.82, 2.24) is 0 Å². The molecule has 1 N–H and O–H groups in total. The van der Waals surface area contributed by atoms with E-state index in [-0.39, 0.29) is 11.1 Å². The summed E-state index contributed by atoms with van der Waals surface area (Å²) in [6.45, 7) is 0. The molecule has 0 aliphatic heterocycles. The number of nitro benzene ring substituents is 1. The molecule has 2 aromatic carbocycles. The third-order valence-corrected chi connectivity index (χ3v) is 2.41. The van der Waals surface area contributed by atoms with Gasteiger partial charge in [-0.3, -0.25) is 10.1 Å². The van der Waals surface area contributed by atoms with E-state index in [9.17, 15) is 24.0 Å². The maximum Gasteiger partial charge on any atom is 0.311 e. The number of phenols is 1. The summed E-state index contributed by atoms with van der Waals surface area (Å²) in [5.41, 5.74) is -0.312. The van der Waals surface area contributed by atoms with Crippen molar-refractivity contribution in [3.05, 3.63) is 58.1 Å². The fraction of sp³-hybridized carbons (Fsp3) is 0. The Morgan fingerprint density at radius 3 is 2.44 bits per heavy atom. The number of phenolic OH excluding ortho intramolecular Hbond substituents is 1. The minimum absolute atomic E-state index is 0.0273. The zero-order chi connectivity index (χ0) is 13.3. The molecule has 0 aromatic heterocycles. The van der Waals surface area contributed by atoms with Gasteiger partial charge < -0.3 is 5.11 Å². The lowest BCUT2D eigenvalue weighted by Crippen LogP contribution is -1.91. The summed E-state index contributed by atoms with van der Waals surface area (Å²) in [4.78, 5) is 9.86. The van der Waals surface area contributed by atoms with Crippen LogP contribution in [-0.2, 0) is 0 Å². The van der Waals surface area contributed by atoms with Crippen LogP contribution in [0.2, 0.25) is 0 Å². The first-order chi connectivity index (χ1) is 8.49. The Kier molecular flexibility index (Phi) is 2.93. The molecule has 92 valence electrons. The van der Waals surface area contributed by atoms with Crippen LogP contribution in [0.4, 0.5) is 14.5 Å². The molecule has 0 saturated carbocycles. The number of aromatic hydroxyl groups is 1. The molecular weight excluding hydrogens is 244 g/mol. The van der Waals surface area contributed by atoms with E-state index in [1.165, 1.54) is 12.1 Å². The van der Waals surface area contributed by atoms with Crippen LogP contribution in [0.5, 0.6) is 5.75 Å². The zero-order valence-electron chi connectivity index (χ0n) is 8.93. The maximum absolute atomic E-state index is 13.5. The molecule has 0 amide bonds. The van der Waals surface area contributed by atoms with Crippen molar-refractivity contribution >= 4 is 5.69 Å². The summed E-state index contributed by atoms with van der Waals surface area (Å²) >= 11 is 0. The van der Waals surface area contributed by atoms with Crippen LogP contribution in [-0.4, -0.2) is 10.0 Å². The van der Waals surface area contributed by atoms with Gasteiger partial charge in [0, 0.05) is 17.7 Å². The van der Waals surface area contributed by atoms with Crippen LogP contribution < -0.4 is 0 Å². The van der Waals surface area contributed by atoms with E-state index in [2.05, 4.69) is 0 Å². The van der Waals surface area contributed by atoms with Crippen molar-refractivity contribution in [3.63, 3.8) is 0 Å². The normalized spacial score (nSPS) is 10.3. The number of benzene rings is 2. The van der Waals surface area contributed by atoms with Crippen molar-refractivity contribution in [2.24, 2.45) is 0 Å². The highest BCUT2D eigenvalue weighted by atomic mass is 19.1. The Balaban J connectivity index is 2.58. The molecule has 0 saturated heterocycles. The molecule has 0 unspecified atom stereocenters. The molecule has 0 atom stereocenters. The molecule has 0 aliphatic carbocycles. The summed E-state index contributed by atoms with van der Waals surface area (Å²) in [5.74, 6) is -2.06. The number of hydrogen-bond acceptors (Lipinski definition) is 3. The summed E-state index contributed by atoms with van der Waals surface area (Å²) in [6.07, 6.45) is 0. The predicted molar refractivity (Wildman–Crippen MR) is 60.1 cm³/mol. The van der Waals surface area contributed by atoms with Gasteiger partial charge in [0.25, 0.3) is 0 Å². The summed E-state index contributed by atoms with van der Waals surface area (Å²) in [7, 11) is 0. The lowest BCUT2D eigenvalue weighted by Gasteiger charge is -2.04. The largest absolute Gasteiger partial charge is 0.502 e. The fourth-order valence-electron chi connectivity index (χ4n) is 1.56. The second-order valence-electron chi connectivity index (χ2n) is 3.58. The quantitative estimate of drug-likeness (QED) is 0.658. The minimum Gasteiger partial charge on any atom is -0.502 e. The summed E-state index contributed by atoms with van der Waals surface area (Å²) in [6, 6.07) is 6.37. The van der Waals surface area contributed by atoms with Crippen LogP contribution in [0, 0.1) is 21.7 Å². The van der Waals surface area contributed by atoms with Gasteiger partial charge >= 0.3 is 5.69 Å². The topological polar surface area (TPSA) is 63.4 Å². The predicted octanol–water partition coefficient (Wildman–Crippen LogP) is 3.25. The summed E-state index contributed by atoms with van der Waals surface area (Å²) in [5, 5.41) is 19.9. The van der Waals surface area contributed by atoms with Crippen LogP contribution >= 0.6 is 0 Å². The molecule has 0 spiro atoms. The zero-order valence-corrected chi connectivity index (χ0v) is 8.93. The van der Waals surface area contributed by atoms with E-state index >= 15 is 0 Å². The average molecular weight is 251 g/mol. The molecule has 0 bridgehead atoms. The third-order valence-electron chi connectivity index (χ3n) is 2.41. The third kappa shape index (κ3) is 2.13. The maximum atomic E-state index is 13.5. The molecule has 0 radical (unpaired) electrons. The van der Waals surface area contributed by atoms with Crippen molar-refractivity contribution < 1.29 is 18.8 Å². The van der Waals surface area contributed by atoms with Gasteiger partial charge in [-0.15, -0.1) is 0 Å². The number of hydrogen-bond donors (Lipinski definition) is 1. The number of nitro groups is 1. The highest BCUT2D eigenvalue weighted by Gasteiger charge is 2.16. The van der Waals surface area contributed by atoms with E-state index in [1.807, 2.05) is 0 Å². The molecule has 2 rings (SSSR count). The Hall–Kier alpha value is -2.50. The van der Waals surface area contributed by atoms with Crippen molar-refractivity contribution in [3.8, 4) is 16.9 Å². The number of rotatable bonds is 2. The van der Waals surface area contributed by atoms with E-state index in [1.54, 1.807) is 0 Å². The lowest BCUT2D eigenvalue weighted by atomic mass is 10.0. The Morgan fingerprint density at radius 2 is 1.83 bits per heavy atom. The van der Waals surface area contributed by atoms with Gasteiger partial charge in [0.1, 0.15) is 11.6 Å². The van der Waals surface area contributed by atoms with Crippen molar-refractivity contribution in [2.75, 3.05) is 0 Å². The van der Waals surface area contributed by atoms with Crippen LogP contribution in [0.15, 0.2) is 36.4 Å². The first-order valence-electron chi connectivity index (χ1n) is 4.92. The van der Waals surface area contributed by atoms with Crippen LogP contribution in [0.1, 0.15) is 0 Å². The van der Waals surface area contributed by atoms with Gasteiger partial charge in [0.05, 0.1) is 4.92 Å². The van der Waals surface area contributed by atoms with Crippen molar-refractivity contribution in [2.45, 2.75) is 0 Å². The number of halogens is 2. The lowest BCUT2D eigenvalue weighted by molar-refractivity contribution is -0.385. The summed E-state index contributed by atoms with van der Waals surface area (Å²) < 4.78 is 26.2. The first-order valence-corrected chi connectivity index (χ1v) is 4.92. The Bertz CT molecular complexity index is 629. The van der Waals surface area contributed by atoms with Gasteiger partial charge in [-0.05, 0) is 23.8 Å². The van der Waals surface area contributed by atoms with E-state index in [4.69, 9.17) is 0 Å². The van der Waals surface area contributed by atoms with Crippen molar-refractivity contribution in [1.29, 1.82) is 0 Å². The van der Waals surface area contributed by atoms with E-state index in [0.29, 0.717) is 6.07 Å². The van der Waals surface area contributed by atoms with Crippen LogP contribution in [0.25, 0.3) is 11.1 Å². The van der Waals surface area contributed by atoms with E-state index < -0.39 is 28.0 Å². The Labute approximate surface area is 100 Å². The van der Waals surface area contributed by atoms with Gasteiger partial charge in [-0.1, -0.05) is 6.07 Å². The molecule has 0 aliphatic rings. The number of nitrogens with zero attached hydrogens (tertiary/aromatic N) is 1. The monoisotopic (exact) mass is 251 g/mol. The minimum atomic E-state index is -0.824. The molecule has 2 aromatic rings. The molecule has 0 heterocycles. The second kappa shape index (κ2) is 4.40. The smallest absolute Gasteiger partial charge is 0.311 e. The molecule has 4 nitrogen and oxygen atoms in total. The average Bonchev–Trinajstić information content (AvgIpc) is 2.30. The SMILES string of the molecule is O=[N+]([O-])c1cc(-c2ccc(F)cc2F)ccc1O. The first kappa shape index (κ1) is 12.0. The van der Waals surface area contributed by atoms with Crippen LogP contribution in [0.3, 0.4) is 0 Å². The molecular formula is C12H7F2NO3. The fourth-order valence-corrected chi connectivity index (χ4v) is 1.56. The second-order valence-corrected chi connectivity index (χ2v) is 3.58. The molecule has 0 fully saturated rings. The highest BCUT2D eigenvalue weighted by Crippen LogP contribution is 2.32. The molecule has 6 heteroatoms. The Morgan fingerprint density at radius 1 is 1.11 bits per heavy atom. The van der Waals surface area contributed by atoms with Gasteiger partial charge in [0.15, 0.2) is 5.75 Å². The molecule has 18 heavy (non-hydrogen) atoms. The van der Waals surface area contributed by atoms with Gasteiger partial charge in [-0.25, -0.2) is 8.78 Å². The van der Waals surface area contributed by atoms with Gasteiger partial charge in [-0.2, -0.15) is 0 Å².